The van der Waals surface area contributed by atoms with Gasteiger partial charge in [0, 0.05) is 10.9 Å². The summed E-state index contributed by atoms with van der Waals surface area (Å²) in [5.41, 5.74) is 6.51. The molecule has 0 atom stereocenters. The maximum absolute atomic E-state index is 12.7. The average molecular weight is 329 g/mol. The summed E-state index contributed by atoms with van der Waals surface area (Å²) in [7, 11) is 0. The second-order valence-electron chi connectivity index (χ2n) is 5.22. The Morgan fingerprint density at radius 1 is 1.12 bits per heavy atom. The Hall–Kier alpha value is -3.27. The first kappa shape index (κ1) is 15.6. The first-order valence-corrected chi connectivity index (χ1v) is 6.84. The number of nitrogens with one attached hydrogen (secondary N) is 1. The molecule has 0 aliphatic carbocycles. The van der Waals surface area contributed by atoms with Crippen molar-refractivity contribution >= 4 is 16.8 Å². The lowest BCUT2D eigenvalue weighted by Gasteiger charge is -2.09. The maximum atomic E-state index is 12.7. The Balaban J connectivity index is 2.21. The molecule has 1 heterocycles. The molecule has 1 amide bonds. The highest BCUT2D eigenvalue weighted by Gasteiger charge is 2.30. The van der Waals surface area contributed by atoms with E-state index in [0.717, 1.165) is 12.1 Å². The standard InChI is InChI=1S/C17H10F3N3O/c18-17(19,20)12-3-1-10(2-4-12)13-6-9(8-21)5-11-7-14(16(22)24)23-15(11)13/h1-7,23H,(H2,22,24). The molecule has 0 unspecified atom stereocenters. The van der Waals surface area contributed by atoms with Gasteiger partial charge in [0.25, 0.3) is 5.91 Å². The molecule has 4 nitrogen and oxygen atoms in total. The minimum absolute atomic E-state index is 0.160. The van der Waals surface area contributed by atoms with E-state index in [1.807, 2.05) is 6.07 Å². The predicted molar refractivity (Wildman–Crippen MR) is 82.0 cm³/mol. The average Bonchev–Trinajstić information content (AvgIpc) is 2.97. The SMILES string of the molecule is N#Cc1cc(-c2ccc(C(F)(F)F)cc2)c2[nH]c(C(N)=O)cc2c1. The number of carbonyl (C=O) groups is 1. The number of fused-ring (bicyclic) bond motifs is 1. The van der Waals surface area contributed by atoms with E-state index in [9.17, 15) is 18.0 Å². The number of alkyl halides is 3. The molecule has 120 valence electrons. The number of aromatic amines is 1. The quantitative estimate of drug-likeness (QED) is 0.749. The predicted octanol–water partition coefficient (Wildman–Crippen LogP) is 3.82. The van der Waals surface area contributed by atoms with Crippen LogP contribution in [-0.2, 0) is 6.18 Å². The fraction of sp³-hybridized carbons (Fsp3) is 0.0588. The monoisotopic (exact) mass is 329 g/mol. The van der Waals surface area contributed by atoms with Crippen LogP contribution in [0.1, 0.15) is 21.6 Å². The van der Waals surface area contributed by atoms with Gasteiger partial charge in [-0.05, 0) is 35.9 Å². The first-order valence-electron chi connectivity index (χ1n) is 6.84. The number of amides is 1. The zero-order valence-electron chi connectivity index (χ0n) is 12.1. The van der Waals surface area contributed by atoms with Crippen LogP contribution in [0, 0.1) is 11.3 Å². The highest BCUT2D eigenvalue weighted by atomic mass is 19.4. The van der Waals surface area contributed by atoms with E-state index in [1.54, 1.807) is 12.1 Å². The number of H-pyrrole nitrogens is 1. The molecule has 3 rings (SSSR count). The Bertz CT molecular complexity index is 979. The van der Waals surface area contributed by atoms with E-state index in [4.69, 9.17) is 11.0 Å². The molecule has 3 N–H and O–H groups in total. The summed E-state index contributed by atoms with van der Waals surface area (Å²) in [5.74, 6) is -0.664. The Morgan fingerprint density at radius 2 is 1.79 bits per heavy atom. The number of rotatable bonds is 2. The van der Waals surface area contributed by atoms with Crippen molar-refractivity contribution < 1.29 is 18.0 Å². The summed E-state index contributed by atoms with van der Waals surface area (Å²) in [5, 5.41) is 9.72. The highest BCUT2D eigenvalue weighted by Crippen LogP contribution is 2.34. The van der Waals surface area contributed by atoms with Gasteiger partial charge in [0.15, 0.2) is 0 Å². The van der Waals surface area contributed by atoms with Crippen molar-refractivity contribution in [3.8, 4) is 17.2 Å². The van der Waals surface area contributed by atoms with Crippen LogP contribution in [0.3, 0.4) is 0 Å². The number of nitriles is 1. The topological polar surface area (TPSA) is 82.7 Å². The summed E-state index contributed by atoms with van der Waals surface area (Å²) < 4.78 is 38.1. The fourth-order valence-electron chi connectivity index (χ4n) is 2.51. The Labute approximate surface area is 134 Å². The van der Waals surface area contributed by atoms with Gasteiger partial charge in [-0.25, -0.2) is 0 Å². The Morgan fingerprint density at radius 3 is 2.33 bits per heavy atom. The molecule has 7 heteroatoms. The van der Waals surface area contributed by atoms with Gasteiger partial charge in [-0.1, -0.05) is 12.1 Å². The van der Waals surface area contributed by atoms with Gasteiger partial charge in [0.1, 0.15) is 5.69 Å². The number of nitrogens with two attached hydrogens (primary N) is 1. The van der Waals surface area contributed by atoms with Gasteiger partial charge in [0.2, 0.25) is 0 Å². The van der Waals surface area contributed by atoms with Gasteiger partial charge in [-0.2, -0.15) is 18.4 Å². The number of aromatic nitrogens is 1. The van der Waals surface area contributed by atoms with Crippen molar-refractivity contribution in [3.63, 3.8) is 0 Å². The second-order valence-corrected chi connectivity index (χ2v) is 5.22. The third-order valence-corrected chi connectivity index (χ3v) is 3.65. The molecule has 0 fully saturated rings. The van der Waals surface area contributed by atoms with E-state index in [1.165, 1.54) is 18.2 Å². The van der Waals surface area contributed by atoms with Crippen molar-refractivity contribution in [1.29, 1.82) is 5.26 Å². The van der Waals surface area contributed by atoms with Crippen LogP contribution in [0.5, 0.6) is 0 Å². The van der Waals surface area contributed by atoms with Crippen molar-refractivity contribution in [3.05, 3.63) is 59.3 Å². The van der Waals surface area contributed by atoms with Crippen LogP contribution in [0.2, 0.25) is 0 Å². The lowest BCUT2D eigenvalue weighted by Crippen LogP contribution is -2.10. The van der Waals surface area contributed by atoms with Crippen molar-refractivity contribution in [2.75, 3.05) is 0 Å². The second kappa shape index (κ2) is 5.42. The molecule has 24 heavy (non-hydrogen) atoms. The van der Waals surface area contributed by atoms with Crippen LogP contribution >= 0.6 is 0 Å². The molecular weight excluding hydrogens is 319 g/mol. The number of hydrogen-bond donors (Lipinski definition) is 2. The zero-order chi connectivity index (χ0) is 17.5. The zero-order valence-corrected chi connectivity index (χ0v) is 12.1. The number of carbonyl (C=O) groups excluding carboxylic acids is 1. The molecule has 0 bridgehead atoms. The smallest absolute Gasteiger partial charge is 0.364 e. The molecule has 0 aliphatic heterocycles. The molecular formula is C17H10F3N3O. The lowest BCUT2D eigenvalue weighted by atomic mass is 9.99. The van der Waals surface area contributed by atoms with E-state index in [0.29, 0.717) is 27.6 Å². The van der Waals surface area contributed by atoms with Crippen molar-refractivity contribution in [2.45, 2.75) is 6.18 Å². The van der Waals surface area contributed by atoms with Crippen LogP contribution in [-0.4, -0.2) is 10.9 Å². The lowest BCUT2D eigenvalue weighted by molar-refractivity contribution is -0.137. The van der Waals surface area contributed by atoms with Gasteiger partial charge < -0.3 is 10.7 Å². The van der Waals surface area contributed by atoms with Gasteiger partial charge in [0.05, 0.1) is 22.7 Å². The van der Waals surface area contributed by atoms with Gasteiger partial charge >= 0.3 is 6.18 Å². The first-order chi connectivity index (χ1) is 11.3. The third-order valence-electron chi connectivity index (χ3n) is 3.65. The van der Waals surface area contributed by atoms with Crippen LogP contribution in [0.15, 0.2) is 42.5 Å². The summed E-state index contributed by atoms with van der Waals surface area (Å²) in [6.07, 6.45) is -4.42. The minimum atomic E-state index is -4.42. The fourth-order valence-corrected chi connectivity index (χ4v) is 2.51. The van der Waals surface area contributed by atoms with E-state index >= 15 is 0 Å². The van der Waals surface area contributed by atoms with Gasteiger partial charge in [-0.15, -0.1) is 0 Å². The molecule has 0 spiro atoms. The molecule has 0 radical (unpaired) electrons. The molecule has 0 saturated heterocycles. The molecule has 3 aromatic rings. The minimum Gasteiger partial charge on any atom is -0.364 e. The largest absolute Gasteiger partial charge is 0.416 e. The van der Waals surface area contributed by atoms with Crippen LogP contribution < -0.4 is 5.73 Å². The van der Waals surface area contributed by atoms with E-state index in [2.05, 4.69) is 4.98 Å². The summed E-state index contributed by atoms with van der Waals surface area (Å²) in [6.45, 7) is 0. The maximum Gasteiger partial charge on any atom is 0.416 e. The number of hydrogen-bond acceptors (Lipinski definition) is 2. The number of nitrogens with zero attached hydrogens (tertiary/aromatic N) is 1. The highest BCUT2D eigenvalue weighted by molar-refractivity contribution is 6.02. The molecule has 1 aromatic heterocycles. The Kier molecular flexibility index (Phi) is 3.53. The molecule has 0 saturated carbocycles. The van der Waals surface area contributed by atoms with E-state index < -0.39 is 17.6 Å². The molecule has 2 aromatic carbocycles. The third kappa shape index (κ3) is 2.70. The van der Waals surface area contributed by atoms with Crippen molar-refractivity contribution in [2.24, 2.45) is 5.73 Å². The number of halogens is 3. The summed E-state index contributed by atoms with van der Waals surface area (Å²) in [4.78, 5) is 14.2. The van der Waals surface area contributed by atoms with Crippen molar-refractivity contribution in [1.82, 2.24) is 4.98 Å². The van der Waals surface area contributed by atoms with E-state index in [-0.39, 0.29) is 5.69 Å². The number of primary amides is 1. The normalized spacial score (nSPS) is 11.4. The summed E-state index contributed by atoms with van der Waals surface area (Å²) >= 11 is 0. The van der Waals surface area contributed by atoms with Gasteiger partial charge in [-0.3, -0.25) is 4.79 Å². The number of benzene rings is 2. The summed E-state index contributed by atoms with van der Waals surface area (Å²) in [6, 6.07) is 11.2. The van der Waals surface area contributed by atoms with Crippen LogP contribution in [0.4, 0.5) is 13.2 Å². The molecule has 0 aliphatic rings. The van der Waals surface area contributed by atoms with Crippen LogP contribution in [0.25, 0.3) is 22.0 Å².